The van der Waals surface area contributed by atoms with Gasteiger partial charge in [0, 0.05) is 4.91 Å². The summed E-state index contributed by atoms with van der Waals surface area (Å²) in [6.07, 6.45) is -1.01. The molecule has 2 atom stereocenters. The molecule has 0 bridgehead atoms. The molecule has 0 saturated carbocycles. The van der Waals surface area contributed by atoms with Crippen LogP contribution < -0.4 is 5.73 Å². The molecule has 9 heteroatoms. The third kappa shape index (κ3) is 2.99. The molecule has 2 rings (SSSR count). The molecule has 0 fully saturated rings. The fourth-order valence-electron chi connectivity index (χ4n) is 1.90. The van der Waals surface area contributed by atoms with Gasteiger partial charge in [-0.25, -0.2) is 4.68 Å². The minimum absolute atomic E-state index is 0.221. The Hall–Kier alpha value is -3.05. The average Bonchev–Trinajstić information content (AvgIpc) is 2.92. The third-order valence-corrected chi connectivity index (χ3v) is 3.10. The van der Waals surface area contributed by atoms with Gasteiger partial charge in [-0.05, 0) is 23.2 Å². The smallest absolute Gasteiger partial charge is 0.145 e. The lowest BCUT2D eigenvalue weighted by molar-refractivity contribution is 0.0244. The summed E-state index contributed by atoms with van der Waals surface area (Å²) < 4.78 is 1.39. The molecule has 112 valence electrons. The molecular formula is C13H13N7O2. The number of rotatable bonds is 5. The van der Waals surface area contributed by atoms with Gasteiger partial charge in [0.1, 0.15) is 23.6 Å². The van der Waals surface area contributed by atoms with Crippen LogP contribution >= 0.6 is 0 Å². The Morgan fingerprint density at radius 1 is 1.41 bits per heavy atom. The molecule has 2 unspecified atom stereocenters. The first-order valence-electron chi connectivity index (χ1n) is 6.29. The average molecular weight is 299 g/mol. The summed E-state index contributed by atoms with van der Waals surface area (Å²) in [5, 5.41) is 35.7. The van der Waals surface area contributed by atoms with Crippen LogP contribution in [0.5, 0.6) is 0 Å². The van der Waals surface area contributed by atoms with Gasteiger partial charge in [-0.3, -0.25) is 0 Å². The van der Waals surface area contributed by atoms with Crippen molar-refractivity contribution in [1.29, 1.82) is 5.26 Å². The Balaban J connectivity index is 2.21. The van der Waals surface area contributed by atoms with Gasteiger partial charge in [-0.15, -0.1) is 0 Å². The first-order chi connectivity index (χ1) is 10.6. The number of aromatic nitrogens is 2. The molecule has 0 aliphatic carbocycles. The molecule has 9 nitrogen and oxygen atoms in total. The molecule has 0 aliphatic rings. The third-order valence-electron chi connectivity index (χ3n) is 3.10. The Bertz CT molecular complexity index is 741. The van der Waals surface area contributed by atoms with Crippen molar-refractivity contribution in [2.24, 2.45) is 5.11 Å². The monoisotopic (exact) mass is 299 g/mol. The number of nitriles is 1. The van der Waals surface area contributed by atoms with Crippen LogP contribution in [-0.4, -0.2) is 32.6 Å². The number of aliphatic hydroxyl groups is 2. The number of hydrogen-bond acceptors (Lipinski definition) is 6. The molecule has 0 radical (unpaired) electrons. The normalized spacial score (nSPS) is 13.0. The lowest BCUT2D eigenvalue weighted by Crippen LogP contribution is -2.21. The van der Waals surface area contributed by atoms with Crippen LogP contribution in [0.25, 0.3) is 16.1 Å². The van der Waals surface area contributed by atoms with Gasteiger partial charge >= 0.3 is 0 Å². The van der Waals surface area contributed by atoms with Crippen LogP contribution in [-0.2, 0) is 0 Å². The van der Waals surface area contributed by atoms with E-state index in [1.54, 1.807) is 24.3 Å². The van der Waals surface area contributed by atoms with E-state index in [1.807, 2.05) is 6.07 Å². The van der Waals surface area contributed by atoms with E-state index in [1.165, 1.54) is 10.9 Å². The highest BCUT2D eigenvalue weighted by molar-refractivity contribution is 5.52. The summed E-state index contributed by atoms with van der Waals surface area (Å²) in [6, 6.07) is 8.39. The van der Waals surface area contributed by atoms with Crippen LogP contribution in [0.1, 0.15) is 17.2 Å². The van der Waals surface area contributed by atoms with Gasteiger partial charge in [-0.2, -0.15) is 10.4 Å². The molecule has 0 amide bonds. The fraction of sp³-hybridized carbons (Fsp3) is 0.231. The summed E-state index contributed by atoms with van der Waals surface area (Å²) in [4.78, 5) is 2.53. The standard InChI is InChI=1S/C13H13N7O2/c14-5-9-6-18-20(13(9)15)10-3-1-8(2-4-10)12(22)11(21)7-17-19-16/h1-4,6,11-12,21-22H,7,15H2. The highest BCUT2D eigenvalue weighted by Crippen LogP contribution is 2.21. The summed E-state index contributed by atoms with van der Waals surface area (Å²) in [5.41, 5.74) is 15.3. The van der Waals surface area contributed by atoms with Crippen molar-refractivity contribution in [2.45, 2.75) is 12.2 Å². The van der Waals surface area contributed by atoms with Crippen molar-refractivity contribution in [2.75, 3.05) is 12.3 Å². The molecule has 0 aliphatic heterocycles. The SMILES string of the molecule is N#Cc1cnn(-c2ccc(C(O)C(O)CN=[N+]=[N-])cc2)c1N. The van der Waals surface area contributed by atoms with Crippen molar-refractivity contribution in [3.63, 3.8) is 0 Å². The first kappa shape index (κ1) is 15.3. The van der Waals surface area contributed by atoms with Crippen molar-refractivity contribution in [3.05, 3.63) is 52.0 Å². The topological polar surface area (TPSA) is 157 Å². The molecule has 0 saturated heterocycles. The van der Waals surface area contributed by atoms with Crippen LogP contribution in [0.2, 0.25) is 0 Å². The van der Waals surface area contributed by atoms with E-state index >= 15 is 0 Å². The largest absolute Gasteiger partial charge is 0.390 e. The van der Waals surface area contributed by atoms with Crippen molar-refractivity contribution in [3.8, 4) is 11.8 Å². The number of anilines is 1. The first-order valence-corrected chi connectivity index (χ1v) is 6.29. The van der Waals surface area contributed by atoms with Gasteiger partial charge in [0.15, 0.2) is 0 Å². The summed E-state index contributed by atoms with van der Waals surface area (Å²) in [5.74, 6) is 0.221. The highest BCUT2D eigenvalue weighted by atomic mass is 16.3. The van der Waals surface area contributed by atoms with E-state index in [0.29, 0.717) is 11.3 Å². The predicted molar refractivity (Wildman–Crippen MR) is 77.7 cm³/mol. The van der Waals surface area contributed by atoms with Crippen LogP contribution in [0.3, 0.4) is 0 Å². The molecule has 2 aromatic rings. The minimum Gasteiger partial charge on any atom is -0.390 e. The van der Waals surface area contributed by atoms with E-state index in [9.17, 15) is 10.2 Å². The lowest BCUT2D eigenvalue weighted by Gasteiger charge is -2.16. The van der Waals surface area contributed by atoms with Gasteiger partial charge < -0.3 is 15.9 Å². The zero-order valence-electron chi connectivity index (χ0n) is 11.4. The molecule has 22 heavy (non-hydrogen) atoms. The fourth-order valence-corrected chi connectivity index (χ4v) is 1.90. The number of hydrogen-bond donors (Lipinski definition) is 3. The van der Waals surface area contributed by atoms with E-state index < -0.39 is 12.2 Å². The number of benzene rings is 1. The maximum atomic E-state index is 9.95. The molecule has 0 spiro atoms. The maximum Gasteiger partial charge on any atom is 0.145 e. The Kier molecular flexibility index (Phi) is 4.60. The number of nitrogens with two attached hydrogens (primary N) is 1. The number of azide groups is 1. The second-order valence-electron chi connectivity index (χ2n) is 4.48. The molecular weight excluding hydrogens is 286 g/mol. The van der Waals surface area contributed by atoms with E-state index in [4.69, 9.17) is 16.5 Å². The molecule has 1 aromatic carbocycles. The van der Waals surface area contributed by atoms with Gasteiger partial charge in [-0.1, -0.05) is 17.2 Å². The van der Waals surface area contributed by atoms with Gasteiger partial charge in [0.2, 0.25) is 0 Å². The number of nitrogen functional groups attached to an aromatic ring is 1. The Morgan fingerprint density at radius 3 is 2.64 bits per heavy atom. The Labute approximate surface area is 125 Å². The predicted octanol–water partition coefficient (Wildman–Crippen LogP) is 1.03. The molecule has 1 aromatic heterocycles. The van der Waals surface area contributed by atoms with Crippen LogP contribution in [0.4, 0.5) is 5.82 Å². The minimum atomic E-state index is -1.19. The van der Waals surface area contributed by atoms with E-state index in [-0.39, 0.29) is 17.9 Å². The van der Waals surface area contributed by atoms with Crippen LogP contribution in [0, 0.1) is 11.3 Å². The quantitative estimate of drug-likeness (QED) is 0.427. The lowest BCUT2D eigenvalue weighted by atomic mass is 10.0. The van der Waals surface area contributed by atoms with E-state index in [0.717, 1.165) is 0 Å². The van der Waals surface area contributed by atoms with Gasteiger partial charge in [0.05, 0.1) is 24.5 Å². The second-order valence-corrected chi connectivity index (χ2v) is 4.48. The number of aliphatic hydroxyl groups excluding tert-OH is 2. The summed E-state index contributed by atoms with van der Waals surface area (Å²) in [7, 11) is 0. The van der Waals surface area contributed by atoms with Gasteiger partial charge in [0.25, 0.3) is 0 Å². The summed E-state index contributed by atoms with van der Waals surface area (Å²) >= 11 is 0. The highest BCUT2D eigenvalue weighted by Gasteiger charge is 2.18. The zero-order valence-corrected chi connectivity index (χ0v) is 11.4. The molecule has 1 heterocycles. The van der Waals surface area contributed by atoms with E-state index in [2.05, 4.69) is 15.1 Å². The maximum absolute atomic E-state index is 9.95. The molecule has 4 N–H and O–H groups in total. The number of nitrogens with zero attached hydrogens (tertiary/aromatic N) is 6. The second kappa shape index (κ2) is 6.60. The Morgan fingerprint density at radius 2 is 2.09 bits per heavy atom. The van der Waals surface area contributed by atoms with Crippen molar-refractivity contribution in [1.82, 2.24) is 9.78 Å². The zero-order chi connectivity index (χ0) is 16.1. The van der Waals surface area contributed by atoms with Crippen molar-refractivity contribution >= 4 is 5.82 Å². The summed E-state index contributed by atoms with van der Waals surface area (Å²) in [6.45, 7) is -0.225. The van der Waals surface area contributed by atoms with Crippen LogP contribution in [0.15, 0.2) is 35.6 Å². The van der Waals surface area contributed by atoms with Crippen molar-refractivity contribution < 1.29 is 10.2 Å².